The van der Waals surface area contributed by atoms with E-state index in [1.54, 1.807) is 30.1 Å². The molecule has 0 bridgehead atoms. The number of ether oxygens (including phenoxy) is 1. The standard InChI is InChI=1S/C14H20N2O4/c1-16(14(19)11-6-10(17)7-15-11)8-9-3-4-12(18)13(5-9)20-2/h3-5,10-11,15,17-18H,6-8H2,1-2H3. The molecule has 1 saturated heterocycles. The lowest BCUT2D eigenvalue weighted by Gasteiger charge is -2.21. The molecule has 1 aromatic rings. The van der Waals surface area contributed by atoms with Gasteiger partial charge in [-0.15, -0.1) is 0 Å². The van der Waals surface area contributed by atoms with Crippen LogP contribution in [0.25, 0.3) is 0 Å². The van der Waals surface area contributed by atoms with E-state index in [1.807, 2.05) is 0 Å². The zero-order chi connectivity index (χ0) is 14.7. The van der Waals surface area contributed by atoms with Crippen molar-refractivity contribution in [1.82, 2.24) is 10.2 Å². The van der Waals surface area contributed by atoms with E-state index in [2.05, 4.69) is 5.32 Å². The molecule has 3 N–H and O–H groups in total. The summed E-state index contributed by atoms with van der Waals surface area (Å²) in [6, 6.07) is 4.67. The van der Waals surface area contributed by atoms with Crippen LogP contribution in [0.15, 0.2) is 18.2 Å². The van der Waals surface area contributed by atoms with Crippen molar-refractivity contribution in [2.45, 2.75) is 25.1 Å². The van der Waals surface area contributed by atoms with Gasteiger partial charge in [0.05, 0.1) is 19.3 Å². The van der Waals surface area contributed by atoms with E-state index in [-0.39, 0.29) is 17.7 Å². The number of hydrogen-bond donors (Lipinski definition) is 3. The molecule has 1 fully saturated rings. The predicted molar refractivity (Wildman–Crippen MR) is 73.5 cm³/mol. The summed E-state index contributed by atoms with van der Waals surface area (Å²) in [7, 11) is 3.20. The summed E-state index contributed by atoms with van der Waals surface area (Å²) in [4.78, 5) is 13.8. The average molecular weight is 280 g/mol. The fraction of sp³-hybridized carbons (Fsp3) is 0.500. The van der Waals surface area contributed by atoms with Crippen molar-refractivity contribution >= 4 is 5.91 Å². The van der Waals surface area contributed by atoms with Gasteiger partial charge in [-0.1, -0.05) is 6.07 Å². The van der Waals surface area contributed by atoms with Gasteiger partial charge in [0.1, 0.15) is 0 Å². The lowest BCUT2D eigenvalue weighted by Crippen LogP contribution is -2.41. The Kier molecular flexibility index (Phi) is 4.46. The number of methoxy groups -OCH3 is 1. The van der Waals surface area contributed by atoms with Gasteiger partial charge in [-0.25, -0.2) is 0 Å². The van der Waals surface area contributed by atoms with Gasteiger partial charge < -0.3 is 25.2 Å². The van der Waals surface area contributed by atoms with Crippen LogP contribution in [0, 0.1) is 0 Å². The zero-order valence-electron chi connectivity index (χ0n) is 11.7. The molecule has 1 aromatic carbocycles. The molecule has 0 aliphatic carbocycles. The van der Waals surface area contributed by atoms with Crippen LogP contribution in [0.2, 0.25) is 0 Å². The van der Waals surface area contributed by atoms with E-state index in [1.165, 1.54) is 7.11 Å². The maximum atomic E-state index is 12.2. The molecule has 2 unspecified atom stereocenters. The highest BCUT2D eigenvalue weighted by Gasteiger charge is 2.30. The molecule has 6 heteroatoms. The third-order valence-corrected chi connectivity index (χ3v) is 3.45. The number of nitrogens with zero attached hydrogens (tertiary/aromatic N) is 1. The number of benzene rings is 1. The van der Waals surface area contributed by atoms with E-state index in [0.717, 1.165) is 5.56 Å². The molecule has 1 aliphatic heterocycles. The topological polar surface area (TPSA) is 82.0 Å². The number of nitrogens with one attached hydrogen (secondary N) is 1. The fourth-order valence-corrected chi connectivity index (χ4v) is 2.34. The molecular formula is C14H20N2O4. The van der Waals surface area contributed by atoms with Crippen LogP contribution in [0.3, 0.4) is 0 Å². The normalized spacial score (nSPS) is 21.8. The summed E-state index contributed by atoms with van der Waals surface area (Å²) in [5.74, 6) is 0.414. The molecule has 1 heterocycles. The van der Waals surface area contributed by atoms with Gasteiger partial charge in [-0.3, -0.25) is 4.79 Å². The molecular weight excluding hydrogens is 260 g/mol. The van der Waals surface area contributed by atoms with Gasteiger partial charge in [-0.05, 0) is 24.1 Å². The van der Waals surface area contributed by atoms with E-state index >= 15 is 0 Å². The van der Waals surface area contributed by atoms with Crippen molar-refractivity contribution < 1.29 is 19.7 Å². The smallest absolute Gasteiger partial charge is 0.239 e. The van der Waals surface area contributed by atoms with Crippen LogP contribution in [0.1, 0.15) is 12.0 Å². The Labute approximate surface area is 118 Å². The lowest BCUT2D eigenvalue weighted by molar-refractivity contribution is -0.132. The third kappa shape index (κ3) is 3.20. The number of likely N-dealkylation sites (N-methyl/N-ethyl adjacent to an activating group) is 1. The number of aliphatic hydroxyl groups excluding tert-OH is 1. The fourth-order valence-electron chi connectivity index (χ4n) is 2.34. The summed E-state index contributed by atoms with van der Waals surface area (Å²) in [6.07, 6.45) is -0.00617. The van der Waals surface area contributed by atoms with E-state index in [0.29, 0.717) is 25.3 Å². The number of hydrogen-bond acceptors (Lipinski definition) is 5. The molecule has 0 saturated carbocycles. The van der Waals surface area contributed by atoms with Crippen molar-refractivity contribution in [2.24, 2.45) is 0 Å². The van der Waals surface area contributed by atoms with Crippen LogP contribution < -0.4 is 10.1 Å². The van der Waals surface area contributed by atoms with E-state index in [4.69, 9.17) is 4.74 Å². The van der Waals surface area contributed by atoms with Gasteiger partial charge in [0.15, 0.2) is 11.5 Å². The predicted octanol–water partition coefficient (Wildman–Crippen LogP) is 0.0820. The van der Waals surface area contributed by atoms with Crippen molar-refractivity contribution in [2.75, 3.05) is 20.7 Å². The Morgan fingerprint density at radius 3 is 2.90 bits per heavy atom. The van der Waals surface area contributed by atoms with Gasteiger partial charge in [0, 0.05) is 20.1 Å². The monoisotopic (exact) mass is 280 g/mol. The quantitative estimate of drug-likeness (QED) is 0.728. The number of phenolic OH excluding ortho intramolecular Hbond substituents is 1. The summed E-state index contributed by atoms with van der Waals surface area (Å²) < 4.78 is 5.04. The number of carbonyl (C=O) groups is 1. The number of β-amino-alcohol motifs (C(OH)–C–C–N with tert-alkyl or cyclic N) is 1. The molecule has 1 amide bonds. The Bertz CT molecular complexity index is 492. The molecule has 2 rings (SSSR count). The molecule has 0 aromatic heterocycles. The number of amides is 1. The zero-order valence-corrected chi connectivity index (χ0v) is 11.7. The van der Waals surface area contributed by atoms with Crippen molar-refractivity contribution in [3.8, 4) is 11.5 Å². The Morgan fingerprint density at radius 1 is 1.55 bits per heavy atom. The van der Waals surface area contributed by atoms with Crippen LogP contribution >= 0.6 is 0 Å². The van der Waals surface area contributed by atoms with Gasteiger partial charge in [-0.2, -0.15) is 0 Å². The minimum Gasteiger partial charge on any atom is -0.504 e. The molecule has 2 atom stereocenters. The number of phenols is 1. The number of rotatable bonds is 4. The van der Waals surface area contributed by atoms with Gasteiger partial charge in [0.25, 0.3) is 0 Å². The van der Waals surface area contributed by atoms with Crippen molar-refractivity contribution in [3.05, 3.63) is 23.8 Å². The maximum Gasteiger partial charge on any atom is 0.239 e. The second-order valence-electron chi connectivity index (χ2n) is 5.05. The van der Waals surface area contributed by atoms with Crippen LogP contribution in [-0.4, -0.2) is 53.9 Å². The first-order chi connectivity index (χ1) is 9.51. The lowest BCUT2D eigenvalue weighted by atomic mass is 10.1. The van der Waals surface area contributed by atoms with E-state index < -0.39 is 6.10 Å². The third-order valence-electron chi connectivity index (χ3n) is 3.45. The molecule has 110 valence electrons. The number of aliphatic hydroxyl groups is 1. The first-order valence-electron chi connectivity index (χ1n) is 6.53. The summed E-state index contributed by atoms with van der Waals surface area (Å²) >= 11 is 0. The SMILES string of the molecule is COc1cc(CN(C)C(=O)C2CC(O)CN2)ccc1O. The highest BCUT2D eigenvalue weighted by molar-refractivity contribution is 5.82. The highest BCUT2D eigenvalue weighted by Crippen LogP contribution is 2.26. The number of aromatic hydroxyl groups is 1. The maximum absolute atomic E-state index is 12.2. The minimum atomic E-state index is -0.453. The second kappa shape index (κ2) is 6.11. The molecule has 0 radical (unpaired) electrons. The average Bonchev–Trinajstić information content (AvgIpc) is 2.86. The van der Waals surface area contributed by atoms with Crippen molar-refractivity contribution in [3.63, 3.8) is 0 Å². The highest BCUT2D eigenvalue weighted by atomic mass is 16.5. The van der Waals surface area contributed by atoms with Crippen molar-refractivity contribution in [1.29, 1.82) is 0 Å². The largest absolute Gasteiger partial charge is 0.504 e. The molecule has 1 aliphatic rings. The molecule has 6 nitrogen and oxygen atoms in total. The van der Waals surface area contributed by atoms with Crippen LogP contribution in [0.4, 0.5) is 0 Å². The minimum absolute atomic E-state index is 0.0476. The molecule has 0 spiro atoms. The van der Waals surface area contributed by atoms with E-state index in [9.17, 15) is 15.0 Å². The van der Waals surface area contributed by atoms with Gasteiger partial charge >= 0.3 is 0 Å². The first kappa shape index (κ1) is 14.6. The Morgan fingerprint density at radius 2 is 2.30 bits per heavy atom. The summed E-state index contributed by atoms with van der Waals surface area (Å²) in [6.45, 7) is 0.876. The summed E-state index contributed by atoms with van der Waals surface area (Å²) in [5.41, 5.74) is 0.869. The summed E-state index contributed by atoms with van der Waals surface area (Å²) in [5, 5.41) is 22.0. The Balaban J connectivity index is 2.00. The number of carbonyl (C=O) groups excluding carboxylic acids is 1. The first-order valence-corrected chi connectivity index (χ1v) is 6.53. The van der Waals surface area contributed by atoms with Crippen LogP contribution in [0.5, 0.6) is 11.5 Å². The second-order valence-corrected chi connectivity index (χ2v) is 5.05. The molecule has 20 heavy (non-hydrogen) atoms. The van der Waals surface area contributed by atoms with Gasteiger partial charge in [0.2, 0.25) is 5.91 Å². The Hall–Kier alpha value is -1.79. The van der Waals surface area contributed by atoms with Crippen LogP contribution in [-0.2, 0) is 11.3 Å².